The molecule has 0 saturated carbocycles. The minimum absolute atomic E-state index is 0.252. The molecule has 2 rings (SSSR count). The Morgan fingerprint density at radius 2 is 2.42 bits per heavy atom. The van der Waals surface area contributed by atoms with Crippen molar-refractivity contribution in [2.75, 3.05) is 19.7 Å². The van der Waals surface area contributed by atoms with Crippen LogP contribution in [-0.2, 0) is 11.2 Å². The molecule has 0 fully saturated rings. The first-order chi connectivity index (χ1) is 9.11. The minimum Gasteiger partial charge on any atom is -0.445 e. The van der Waals surface area contributed by atoms with Crippen LogP contribution in [0.15, 0.2) is 30.9 Å². The van der Waals surface area contributed by atoms with Crippen molar-refractivity contribution in [2.45, 2.75) is 19.3 Å². The molecule has 0 unspecified atom stereocenters. The average Bonchev–Trinajstić information content (AvgIpc) is 2.56. The Balaban J connectivity index is 2.13. The molecular weight excluding hydrogens is 262 g/mol. The van der Waals surface area contributed by atoms with Crippen molar-refractivity contribution in [3.63, 3.8) is 0 Å². The number of ether oxygens (including phenoxy) is 1. The summed E-state index contributed by atoms with van der Waals surface area (Å²) in [5.41, 5.74) is 2.49. The van der Waals surface area contributed by atoms with Crippen LogP contribution in [0.1, 0.15) is 24.0 Å². The molecule has 1 aliphatic rings. The Bertz CT molecular complexity index is 487. The van der Waals surface area contributed by atoms with Gasteiger partial charge in [0.25, 0.3) is 0 Å². The van der Waals surface area contributed by atoms with E-state index in [9.17, 15) is 4.79 Å². The zero-order valence-corrected chi connectivity index (χ0v) is 11.8. The van der Waals surface area contributed by atoms with Gasteiger partial charge >= 0.3 is 6.09 Å². The smallest absolute Gasteiger partial charge is 0.410 e. The number of rotatable bonds is 2. The van der Waals surface area contributed by atoms with Gasteiger partial charge in [-0.25, -0.2) is 4.79 Å². The van der Waals surface area contributed by atoms with Crippen LogP contribution in [0.3, 0.4) is 0 Å². The molecule has 0 saturated heterocycles. The second-order valence-corrected chi connectivity index (χ2v) is 5.24. The van der Waals surface area contributed by atoms with E-state index in [1.807, 2.05) is 18.2 Å². The highest BCUT2D eigenvalue weighted by atomic mass is 35.5. The first-order valence-electron chi connectivity index (χ1n) is 6.42. The molecule has 3 nitrogen and oxygen atoms in total. The first-order valence-corrected chi connectivity index (χ1v) is 6.80. The minimum atomic E-state index is -0.273. The third kappa shape index (κ3) is 3.29. The lowest BCUT2D eigenvalue weighted by Crippen LogP contribution is -2.34. The van der Waals surface area contributed by atoms with E-state index in [1.165, 1.54) is 11.1 Å². The van der Waals surface area contributed by atoms with E-state index in [2.05, 4.69) is 13.5 Å². The molecule has 0 bridgehead atoms. The van der Waals surface area contributed by atoms with Crippen molar-refractivity contribution in [3.8, 4) is 0 Å². The van der Waals surface area contributed by atoms with E-state index < -0.39 is 0 Å². The van der Waals surface area contributed by atoms with Gasteiger partial charge in [-0.2, -0.15) is 0 Å². The summed E-state index contributed by atoms with van der Waals surface area (Å²) in [7, 11) is 0. The SMILES string of the molecule is C=CCOC(=O)N1CCc2ccc(Cl)cc2[C@H](C)C1. The van der Waals surface area contributed by atoms with Crippen molar-refractivity contribution in [2.24, 2.45) is 0 Å². The fraction of sp³-hybridized carbons (Fsp3) is 0.400. The number of carbonyl (C=O) groups is 1. The van der Waals surface area contributed by atoms with Crippen LogP contribution >= 0.6 is 11.6 Å². The third-order valence-electron chi connectivity index (χ3n) is 3.37. The largest absolute Gasteiger partial charge is 0.445 e. The number of halogens is 1. The molecule has 19 heavy (non-hydrogen) atoms. The lowest BCUT2D eigenvalue weighted by molar-refractivity contribution is 0.112. The molecule has 1 aromatic carbocycles. The van der Waals surface area contributed by atoms with Crippen LogP contribution in [0, 0.1) is 0 Å². The predicted molar refractivity (Wildman–Crippen MR) is 76.7 cm³/mol. The summed E-state index contributed by atoms with van der Waals surface area (Å²) < 4.78 is 5.10. The molecule has 1 amide bonds. The van der Waals surface area contributed by atoms with Crippen LogP contribution in [0.4, 0.5) is 4.79 Å². The van der Waals surface area contributed by atoms with E-state index in [4.69, 9.17) is 16.3 Å². The summed E-state index contributed by atoms with van der Waals surface area (Å²) in [6.07, 6.45) is 2.14. The van der Waals surface area contributed by atoms with Crippen LogP contribution in [0.25, 0.3) is 0 Å². The predicted octanol–water partition coefficient (Wildman–Crippen LogP) is 3.62. The van der Waals surface area contributed by atoms with Gasteiger partial charge in [-0.3, -0.25) is 0 Å². The molecule has 0 N–H and O–H groups in total. The summed E-state index contributed by atoms with van der Waals surface area (Å²) in [5, 5.41) is 0.744. The highest BCUT2D eigenvalue weighted by molar-refractivity contribution is 6.30. The fourth-order valence-corrected chi connectivity index (χ4v) is 2.60. The highest BCUT2D eigenvalue weighted by Crippen LogP contribution is 2.28. The molecule has 0 aromatic heterocycles. The molecule has 4 heteroatoms. The maximum absolute atomic E-state index is 11.9. The van der Waals surface area contributed by atoms with Crippen molar-refractivity contribution in [3.05, 3.63) is 47.0 Å². The lowest BCUT2D eigenvalue weighted by Gasteiger charge is -2.22. The molecular formula is C15H18ClNO2. The number of benzene rings is 1. The number of nitrogens with zero attached hydrogens (tertiary/aromatic N) is 1. The van der Waals surface area contributed by atoms with Crippen molar-refractivity contribution in [1.82, 2.24) is 4.90 Å². The molecule has 1 heterocycles. The Kier molecular flexibility index (Phi) is 4.48. The van der Waals surface area contributed by atoms with E-state index >= 15 is 0 Å². The summed E-state index contributed by atoms with van der Waals surface area (Å²) in [5.74, 6) is 0.257. The number of hydrogen-bond donors (Lipinski definition) is 0. The van der Waals surface area contributed by atoms with E-state index in [1.54, 1.807) is 11.0 Å². The number of fused-ring (bicyclic) bond motifs is 1. The second-order valence-electron chi connectivity index (χ2n) is 4.81. The van der Waals surface area contributed by atoms with Gasteiger partial charge in [-0.15, -0.1) is 0 Å². The van der Waals surface area contributed by atoms with E-state index in [-0.39, 0.29) is 18.6 Å². The van der Waals surface area contributed by atoms with E-state index in [0.717, 1.165) is 11.4 Å². The van der Waals surface area contributed by atoms with Gasteiger partial charge in [0.05, 0.1) is 0 Å². The molecule has 1 aliphatic heterocycles. The fourth-order valence-electron chi connectivity index (χ4n) is 2.42. The summed E-state index contributed by atoms with van der Waals surface area (Å²) in [4.78, 5) is 13.7. The van der Waals surface area contributed by atoms with Crippen molar-refractivity contribution < 1.29 is 9.53 Å². The van der Waals surface area contributed by atoms with Crippen molar-refractivity contribution >= 4 is 17.7 Å². The number of carbonyl (C=O) groups excluding carboxylic acids is 1. The maximum Gasteiger partial charge on any atom is 0.410 e. The normalized spacial score (nSPS) is 18.4. The molecule has 0 radical (unpaired) electrons. The van der Waals surface area contributed by atoms with Gasteiger partial charge in [-0.05, 0) is 35.6 Å². The second kappa shape index (κ2) is 6.11. The maximum atomic E-state index is 11.9. The molecule has 0 spiro atoms. The number of amides is 1. The Morgan fingerprint density at radius 3 is 3.16 bits per heavy atom. The molecule has 102 valence electrons. The molecule has 1 aromatic rings. The Labute approximate surface area is 118 Å². The summed E-state index contributed by atoms with van der Waals surface area (Å²) in [6, 6.07) is 5.95. The average molecular weight is 280 g/mol. The van der Waals surface area contributed by atoms with Gasteiger partial charge < -0.3 is 9.64 Å². The van der Waals surface area contributed by atoms with Gasteiger partial charge in [0.2, 0.25) is 0 Å². The first kappa shape index (κ1) is 13.9. The summed E-state index contributed by atoms with van der Waals surface area (Å²) >= 11 is 6.05. The zero-order valence-electron chi connectivity index (χ0n) is 11.1. The Morgan fingerprint density at radius 1 is 1.63 bits per heavy atom. The number of hydrogen-bond acceptors (Lipinski definition) is 2. The quantitative estimate of drug-likeness (QED) is 0.774. The highest BCUT2D eigenvalue weighted by Gasteiger charge is 2.24. The van der Waals surface area contributed by atoms with Gasteiger partial charge in [0, 0.05) is 18.1 Å². The molecule has 0 aliphatic carbocycles. The van der Waals surface area contributed by atoms with Crippen LogP contribution < -0.4 is 0 Å². The van der Waals surface area contributed by atoms with Crippen LogP contribution in [0.2, 0.25) is 5.02 Å². The van der Waals surface area contributed by atoms with Gasteiger partial charge in [0.15, 0.2) is 0 Å². The summed E-state index contributed by atoms with van der Waals surface area (Å²) in [6.45, 7) is 7.23. The lowest BCUT2D eigenvalue weighted by atomic mass is 9.95. The van der Waals surface area contributed by atoms with Gasteiger partial charge in [-0.1, -0.05) is 37.2 Å². The Hall–Kier alpha value is -1.48. The molecule has 1 atom stereocenters. The zero-order chi connectivity index (χ0) is 13.8. The van der Waals surface area contributed by atoms with Gasteiger partial charge in [0.1, 0.15) is 6.61 Å². The standard InChI is InChI=1S/C15H18ClNO2/c1-3-8-19-15(18)17-7-6-12-4-5-13(16)9-14(12)11(2)10-17/h3-5,9,11H,1,6-8,10H2,2H3/t11-/m1/s1. The third-order valence-corrected chi connectivity index (χ3v) is 3.60. The van der Waals surface area contributed by atoms with Crippen molar-refractivity contribution in [1.29, 1.82) is 0 Å². The van der Waals surface area contributed by atoms with Crippen LogP contribution in [-0.4, -0.2) is 30.7 Å². The monoisotopic (exact) mass is 279 g/mol. The van der Waals surface area contributed by atoms with E-state index in [0.29, 0.717) is 13.1 Å². The topological polar surface area (TPSA) is 29.5 Å². The van der Waals surface area contributed by atoms with Crippen LogP contribution in [0.5, 0.6) is 0 Å².